The van der Waals surface area contributed by atoms with Gasteiger partial charge in [-0.05, 0) is 24.3 Å². The van der Waals surface area contributed by atoms with Crippen LogP contribution in [0.2, 0.25) is 10.0 Å². The first kappa shape index (κ1) is 14.5. The second-order valence-corrected chi connectivity index (χ2v) is 5.87. The van der Waals surface area contributed by atoms with Crippen molar-refractivity contribution in [1.82, 2.24) is 0 Å². The fourth-order valence-corrected chi connectivity index (χ4v) is 2.98. The van der Waals surface area contributed by atoms with E-state index in [1.165, 1.54) is 17.8 Å². The molecule has 0 radical (unpaired) electrons. The Balaban J connectivity index is 2.05. The Morgan fingerprint density at radius 1 is 1.11 bits per heavy atom. The molecule has 19 heavy (non-hydrogen) atoms. The zero-order chi connectivity index (χ0) is 13.8. The molecule has 0 amide bonds. The average Bonchev–Trinajstić information content (AvgIpc) is 2.37. The van der Waals surface area contributed by atoms with Crippen LogP contribution in [-0.2, 0) is 0 Å². The van der Waals surface area contributed by atoms with Gasteiger partial charge in [0.2, 0.25) is 0 Å². The predicted molar refractivity (Wildman–Crippen MR) is 80.3 cm³/mol. The van der Waals surface area contributed by atoms with Gasteiger partial charge in [0.1, 0.15) is 5.75 Å². The quantitative estimate of drug-likeness (QED) is 0.815. The Kier molecular flexibility index (Phi) is 4.99. The average molecular weight is 315 g/mol. The van der Waals surface area contributed by atoms with E-state index in [1.54, 1.807) is 18.2 Å². The number of rotatable bonds is 4. The number of aliphatic hydroxyl groups is 1. The zero-order valence-electron chi connectivity index (χ0n) is 9.88. The van der Waals surface area contributed by atoms with Gasteiger partial charge < -0.3 is 10.2 Å². The molecule has 0 aliphatic rings. The summed E-state index contributed by atoms with van der Waals surface area (Å²) in [5.74, 6) is 0.401. The second-order valence-electron chi connectivity index (χ2n) is 3.96. The van der Waals surface area contributed by atoms with E-state index in [4.69, 9.17) is 23.2 Å². The minimum Gasteiger partial charge on any atom is -0.508 e. The van der Waals surface area contributed by atoms with Gasteiger partial charge in [0, 0.05) is 21.2 Å². The van der Waals surface area contributed by atoms with Crippen LogP contribution in [0.3, 0.4) is 0 Å². The highest BCUT2D eigenvalue weighted by atomic mass is 35.5. The van der Waals surface area contributed by atoms with E-state index in [1.807, 2.05) is 18.2 Å². The van der Waals surface area contributed by atoms with Gasteiger partial charge in [-0.25, -0.2) is 0 Å². The summed E-state index contributed by atoms with van der Waals surface area (Å²) in [4.78, 5) is 0.900. The molecule has 0 saturated heterocycles. The Morgan fingerprint density at radius 3 is 2.53 bits per heavy atom. The van der Waals surface area contributed by atoms with Crippen molar-refractivity contribution in [1.29, 1.82) is 0 Å². The number of phenols is 1. The van der Waals surface area contributed by atoms with Crippen LogP contribution in [0.15, 0.2) is 47.4 Å². The number of hydrogen-bond acceptors (Lipinski definition) is 3. The molecule has 2 N–H and O–H groups in total. The molecule has 0 aliphatic heterocycles. The van der Waals surface area contributed by atoms with Crippen LogP contribution in [0.25, 0.3) is 0 Å². The van der Waals surface area contributed by atoms with Gasteiger partial charge in [-0.3, -0.25) is 0 Å². The molecule has 1 atom stereocenters. The molecule has 1 unspecified atom stereocenters. The smallest absolute Gasteiger partial charge is 0.122 e. The highest BCUT2D eigenvalue weighted by Gasteiger charge is 2.13. The number of aromatic hydroxyl groups is 1. The van der Waals surface area contributed by atoms with Crippen LogP contribution in [0.4, 0.5) is 0 Å². The van der Waals surface area contributed by atoms with Gasteiger partial charge >= 0.3 is 0 Å². The molecule has 0 bridgehead atoms. The van der Waals surface area contributed by atoms with Gasteiger partial charge in [-0.15, -0.1) is 11.8 Å². The fourth-order valence-electron chi connectivity index (χ4n) is 1.62. The molecule has 0 heterocycles. The van der Waals surface area contributed by atoms with E-state index in [-0.39, 0.29) is 5.75 Å². The molecule has 0 fully saturated rings. The summed E-state index contributed by atoms with van der Waals surface area (Å²) in [5.41, 5.74) is 0.462. The number of thioether (sulfide) groups is 1. The van der Waals surface area contributed by atoms with Crippen molar-refractivity contribution < 1.29 is 10.2 Å². The van der Waals surface area contributed by atoms with E-state index in [9.17, 15) is 10.2 Å². The van der Waals surface area contributed by atoms with E-state index in [0.717, 1.165) is 4.90 Å². The van der Waals surface area contributed by atoms with Crippen LogP contribution in [0.5, 0.6) is 5.75 Å². The van der Waals surface area contributed by atoms with Crippen molar-refractivity contribution in [3.05, 3.63) is 58.1 Å². The van der Waals surface area contributed by atoms with Crippen LogP contribution in [0, 0.1) is 0 Å². The van der Waals surface area contributed by atoms with Crippen molar-refractivity contribution >= 4 is 35.0 Å². The summed E-state index contributed by atoms with van der Waals surface area (Å²) in [7, 11) is 0. The summed E-state index contributed by atoms with van der Waals surface area (Å²) in [6.45, 7) is 0. The molecule has 2 aromatic carbocycles. The van der Waals surface area contributed by atoms with Gasteiger partial charge in [0.05, 0.1) is 11.1 Å². The van der Waals surface area contributed by atoms with Crippen molar-refractivity contribution in [3.63, 3.8) is 0 Å². The largest absolute Gasteiger partial charge is 0.508 e. The van der Waals surface area contributed by atoms with Crippen LogP contribution in [0.1, 0.15) is 11.7 Å². The summed E-state index contributed by atoms with van der Waals surface area (Å²) in [6.07, 6.45) is -0.779. The standard InChI is InChI=1S/C14H12Cl2O2S/c15-9-5-6-10(12(17)7-9)13(18)8-19-14-4-2-1-3-11(14)16/h1-7,13,17-18H,8H2. The zero-order valence-corrected chi connectivity index (χ0v) is 12.2. The Hall–Kier alpha value is -0.870. The Bertz CT molecular complexity index is 575. The molecule has 2 nitrogen and oxygen atoms in total. The minimum absolute atomic E-state index is 0.000224. The molecule has 5 heteroatoms. The van der Waals surface area contributed by atoms with Gasteiger partial charge in [0.25, 0.3) is 0 Å². The second kappa shape index (κ2) is 6.53. The first-order chi connectivity index (χ1) is 9.08. The molecule has 2 rings (SSSR count). The lowest BCUT2D eigenvalue weighted by atomic mass is 10.1. The molecule has 0 spiro atoms. The van der Waals surface area contributed by atoms with Gasteiger partial charge in [-0.2, -0.15) is 0 Å². The molecule has 0 aliphatic carbocycles. The van der Waals surface area contributed by atoms with Gasteiger partial charge in [0.15, 0.2) is 0 Å². The van der Waals surface area contributed by atoms with E-state index >= 15 is 0 Å². The van der Waals surface area contributed by atoms with E-state index in [0.29, 0.717) is 21.4 Å². The Morgan fingerprint density at radius 2 is 1.84 bits per heavy atom. The van der Waals surface area contributed by atoms with E-state index in [2.05, 4.69) is 0 Å². The number of hydrogen-bond donors (Lipinski definition) is 2. The first-order valence-corrected chi connectivity index (χ1v) is 7.36. The number of halogens is 2. The van der Waals surface area contributed by atoms with Crippen molar-refractivity contribution in [2.75, 3.05) is 5.75 Å². The molecule has 100 valence electrons. The summed E-state index contributed by atoms with van der Waals surface area (Å²) in [5, 5.41) is 20.9. The lowest BCUT2D eigenvalue weighted by molar-refractivity contribution is 0.199. The maximum atomic E-state index is 10.1. The number of aliphatic hydroxyl groups excluding tert-OH is 1. The van der Waals surface area contributed by atoms with Crippen molar-refractivity contribution in [2.24, 2.45) is 0 Å². The highest BCUT2D eigenvalue weighted by molar-refractivity contribution is 7.99. The minimum atomic E-state index is -0.779. The maximum Gasteiger partial charge on any atom is 0.122 e. The topological polar surface area (TPSA) is 40.5 Å². The summed E-state index contributed by atoms with van der Waals surface area (Å²) >= 11 is 13.2. The SMILES string of the molecule is Oc1cc(Cl)ccc1C(O)CSc1ccccc1Cl. The van der Waals surface area contributed by atoms with Crippen molar-refractivity contribution in [3.8, 4) is 5.75 Å². The normalized spacial score (nSPS) is 12.4. The monoisotopic (exact) mass is 314 g/mol. The summed E-state index contributed by atoms with van der Waals surface area (Å²) in [6, 6.07) is 12.1. The Labute approximate surface area is 126 Å². The fraction of sp³-hybridized carbons (Fsp3) is 0.143. The maximum absolute atomic E-state index is 10.1. The molecular weight excluding hydrogens is 303 g/mol. The first-order valence-electron chi connectivity index (χ1n) is 5.61. The lowest BCUT2D eigenvalue weighted by Crippen LogP contribution is -2.01. The van der Waals surface area contributed by atoms with E-state index < -0.39 is 6.10 Å². The van der Waals surface area contributed by atoms with Crippen LogP contribution in [-0.4, -0.2) is 16.0 Å². The van der Waals surface area contributed by atoms with Crippen LogP contribution < -0.4 is 0 Å². The highest BCUT2D eigenvalue weighted by Crippen LogP contribution is 2.33. The van der Waals surface area contributed by atoms with Crippen LogP contribution >= 0.6 is 35.0 Å². The molecule has 2 aromatic rings. The molecule has 0 saturated carbocycles. The van der Waals surface area contributed by atoms with Crippen molar-refractivity contribution in [2.45, 2.75) is 11.0 Å². The molecule has 0 aromatic heterocycles. The summed E-state index contributed by atoms with van der Waals surface area (Å²) < 4.78 is 0. The lowest BCUT2D eigenvalue weighted by Gasteiger charge is -2.13. The van der Waals surface area contributed by atoms with Gasteiger partial charge in [-0.1, -0.05) is 41.4 Å². The predicted octanol–water partition coefficient (Wildman–Crippen LogP) is 4.52. The third-order valence-corrected chi connectivity index (χ3v) is 4.41. The third kappa shape index (κ3) is 3.80. The third-order valence-electron chi connectivity index (χ3n) is 2.58. The number of benzene rings is 2. The number of phenolic OH excluding ortho intramolecular Hbond substituents is 1. The molecular formula is C14H12Cl2O2S.